The Balaban J connectivity index is 1.48. The lowest BCUT2D eigenvalue weighted by Gasteiger charge is -2.27. The van der Waals surface area contributed by atoms with Crippen molar-refractivity contribution in [3.05, 3.63) is 98.9 Å². The van der Waals surface area contributed by atoms with Gasteiger partial charge in [-0.05, 0) is 53.1 Å². The number of alkyl halides is 3. The first-order valence-corrected chi connectivity index (χ1v) is 13.2. The van der Waals surface area contributed by atoms with Crippen LogP contribution in [0.5, 0.6) is 5.75 Å². The molecule has 208 valence electrons. The number of methoxy groups -OCH3 is 1. The molecule has 0 fully saturated rings. The van der Waals surface area contributed by atoms with Gasteiger partial charge in [0.1, 0.15) is 10.9 Å². The lowest BCUT2D eigenvalue weighted by atomic mass is 10.0. The number of hydrogen-bond acceptors (Lipinski definition) is 4. The van der Waals surface area contributed by atoms with Crippen molar-refractivity contribution in [3.63, 3.8) is 0 Å². The molecule has 0 unspecified atom stereocenters. The zero-order chi connectivity index (χ0) is 28.4. The quantitative estimate of drug-likeness (QED) is 0.242. The van der Waals surface area contributed by atoms with Crippen molar-refractivity contribution >= 4 is 46.2 Å². The second-order valence-corrected chi connectivity index (χ2v) is 10.2. The van der Waals surface area contributed by atoms with Crippen LogP contribution in [0.3, 0.4) is 0 Å². The number of ether oxygens (including phenoxy) is 1. The topological polar surface area (TPSA) is 59.4 Å². The molecule has 3 heterocycles. The van der Waals surface area contributed by atoms with Crippen LogP contribution in [0.2, 0.25) is 10.2 Å². The Morgan fingerprint density at radius 1 is 1.15 bits per heavy atom. The van der Waals surface area contributed by atoms with E-state index in [-0.39, 0.29) is 23.0 Å². The zero-order valence-corrected chi connectivity index (χ0v) is 22.9. The maximum atomic E-state index is 13.9. The van der Waals surface area contributed by atoms with Gasteiger partial charge in [0.2, 0.25) is 0 Å². The highest BCUT2D eigenvalue weighted by Crippen LogP contribution is 2.41. The minimum Gasteiger partial charge on any atom is -0.496 e. The molecule has 0 radical (unpaired) electrons. The number of amides is 1. The number of pyridine rings is 1. The van der Waals surface area contributed by atoms with E-state index in [9.17, 15) is 18.0 Å². The predicted molar refractivity (Wildman–Crippen MR) is 150 cm³/mol. The standard InChI is InChI=1S/C29H25Cl2F3N4O2/c1-40-26-14-21-22-17-37(11-2-3-18-4-6-20(30)7-5-18)12-9-24(22)38(25(21)15-23(26)29(32,33)34)28(39)36-16-19-8-10-35-27(31)13-19/h2-8,10,13-15H,9,11-12,16-17H2,1H3,(H,36,39)/b3-2+. The van der Waals surface area contributed by atoms with Gasteiger partial charge in [0.25, 0.3) is 0 Å². The van der Waals surface area contributed by atoms with E-state index in [0.29, 0.717) is 42.2 Å². The van der Waals surface area contributed by atoms with Gasteiger partial charge in [0.15, 0.2) is 0 Å². The first-order chi connectivity index (χ1) is 19.1. The molecule has 2 aromatic carbocycles. The number of benzene rings is 2. The van der Waals surface area contributed by atoms with Crippen molar-refractivity contribution in [1.29, 1.82) is 0 Å². The van der Waals surface area contributed by atoms with Crippen LogP contribution in [0.4, 0.5) is 18.0 Å². The van der Waals surface area contributed by atoms with Gasteiger partial charge in [-0.3, -0.25) is 9.47 Å². The smallest absolute Gasteiger partial charge is 0.420 e. The fraction of sp³-hybridized carbons (Fsp3) is 0.241. The lowest BCUT2D eigenvalue weighted by molar-refractivity contribution is -0.138. The Kier molecular flexibility index (Phi) is 8.07. The number of nitrogens with zero attached hydrogens (tertiary/aromatic N) is 3. The molecule has 40 heavy (non-hydrogen) atoms. The third kappa shape index (κ3) is 5.96. The molecule has 0 bridgehead atoms. The van der Waals surface area contributed by atoms with E-state index >= 15 is 0 Å². The summed E-state index contributed by atoms with van der Waals surface area (Å²) in [5, 5.41) is 4.31. The van der Waals surface area contributed by atoms with Crippen LogP contribution in [0, 0.1) is 0 Å². The van der Waals surface area contributed by atoms with Crippen molar-refractivity contribution < 1.29 is 22.7 Å². The Hall–Kier alpha value is -3.53. The Morgan fingerprint density at radius 2 is 1.93 bits per heavy atom. The molecule has 0 saturated carbocycles. The van der Waals surface area contributed by atoms with Gasteiger partial charge in [0.05, 0.1) is 18.2 Å². The number of carbonyl (C=O) groups excluding carboxylic acids is 1. The number of rotatable bonds is 6. The first kappa shape index (κ1) is 28.0. The minimum absolute atomic E-state index is 0.138. The monoisotopic (exact) mass is 588 g/mol. The molecule has 1 aliphatic heterocycles. The predicted octanol–water partition coefficient (Wildman–Crippen LogP) is 7.20. The highest BCUT2D eigenvalue weighted by Gasteiger charge is 2.37. The van der Waals surface area contributed by atoms with E-state index in [2.05, 4.69) is 15.2 Å². The van der Waals surface area contributed by atoms with Gasteiger partial charge < -0.3 is 10.1 Å². The number of carbonyl (C=O) groups is 1. The molecule has 0 spiro atoms. The SMILES string of the molecule is COc1cc2c3c(n(C(=O)NCc4ccnc(Cl)c4)c2cc1C(F)(F)F)CCN(C/C=C/c1ccc(Cl)cc1)C3. The summed E-state index contributed by atoms with van der Waals surface area (Å²) in [4.78, 5) is 19.6. The first-order valence-electron chi connectivity index (χ1n) is 12.5. The number of nitrogens with one attached hydrogen (secondary N) is 1. The van der Waals surface area contributed by atoms with E-state index in [1.165, 1.54) is 23.9 Å². The fourth-order valence-electron chi connectivity index (χ4n) is 4.94. The van der Waals surface area contributed by atoms with Gasteiger partial charge in [-0.1, -0.05) is 47.5 Å². The summed E-state index contributed by atoms with van der Waals surface area (Å²) in [6.45, 7) is 1.86. The van der Waals surface area contributed by atoms with Crippen LogP contribution >= 0.6 is 23.2 Å². The molecule has 0 atom stereocenters. The molecule has 11 heteroatoms. The summed E-state index contributed by atoms with van der Waals surface area (Å²) in [6, 6.07) is 12.7. The van der Waals surface area contributed by atoms with Gasteiger partial charge in [-0.25, -0.2) is 9.78 Å². The van der Waals surface area contributed by atoms with Crippen molar-refractivity contribution in [2.24, 2.45) is 0 Å². The summed E-state index contributed by atoms with van der Waals surface area (Å²) in [5.74, 6) is -0.286. The average molecular weight is 589 g/mol. The normalized spacial score (nSPS) is 14.1. The van der Waals surface area contributed by atoms with Crippen LogP contribution in [-0.4, -0.2) is 40.7 Å². The van der Waals surface area contributed by atoms with Gasteiger partial charge in [-0.2, -0.15) is 13.2 Å². The number of hydrogen-bond donors (Lipinski definition) is 1. The lowest BCUT2D eigenvalue weighted by Crippen LogP contribution is -2.34. The molecule has 6 nitrogen and oxygen atoms in total. The second-order valence-electron chi connectivity index (χ2n) is 9.41. The minimum atomic E-state index is -4.65. The van der Waals surface area contributed by atoms with Crippen LogP contribution in [0.25, 0.3) is 17.0 Å². The summed E-state index contributed by atoms with van der Waals surface area (Å²) in [6.07, 6.45) is 1.37. The van der Waals surface area contributed by atoms with E-state index in [4.69, 9.17) is 27.9 Å². The van der Waals surface area contributed by atoms with Crippen molar-refractivity contribution in [3.8, 4) is 5.75 Å². The Bertz CT molecular complexity index is 1580. The Morgan fingerprint density at radius 3 is 2.62 bits per heavy atom. The van der Waals surface area contributed by atoms with Crippen LogP contribution in [-0.2, 0) is 25.7 Å². The summed E-state index contributed by atoms with van der Waals surface area (Å²) < 4.78 is 48.2. The molecule has 1 N–H and O–H groups in total. The number of fused-ring (bicyclic) bond motifs is 3. The summed E-state index contributed by atoms with van der Waals surface area (Å²) in [5.41, 5.74) is 2.46. The molecule has 0 aliphatic carbocycles. The van der Waals surface area contributed by atoms with E-state index in [1.807, 2.05) is 36.4 Å². The molecule has 0 saturated heterocycles. The second kappa shape index (κ2) is 11.5. The van der Waals surface area contributed by atoms with Crippen molar-refractivity contribution in [2.45, 2.75) is 25.7 Å². The van der Waals surface area contributed by atoms with Crippen molar-refractivity contribution in [1.82, 2.24) is 19.8 Å². The zero-order valence-electron chi connectivity index (χ0n) is 21.4. The third-order valence-corrected chi connectivity index (χ3v) is 7.29. The van der Waals surface area contributed by atoms with Crippen LogP contribution < -0.4 is 10.1 Å². The molecular weight excluding hydrogens is 564 g/mol. The summed E-state index contributed by atoms with van der Waals surface area (Å²) in [7, 11) is 1.21. The fourth-order valence-corrected chi connectivity index (χ4v) is 5.26. The summed E-state index contributed by atoms with van der Waals surface area (Å²) >= 11 is 11.9. The molecule has 5 rings (SSSR count). The largest absolute Gasteiger partial charge is 0.496 e. The van der Waals surface area contributed by atoms with Crippen molar-refractivity contribution in [2.75, 3.05) is 20.2 Å². The van der Waals surface area contributed by atoms with E-state index < -0.39 is 17.8 Å². The van der Waals surface area contributed by atoms with Crippen LogP contribution in [0.1, 0.15) is 27.9 Å². The maximum Gasteiger partial charge on any atom is 0.420 e. The molecule has 4 aromatic rings. The highest BCUT2D eigenvalue weighted by molar-refractivity contribution is 6.30. The highest BCUT2D eigenvalue weighted by atomic mass is 35.5. The molecule has 1 aliphatic rings. The van der Waals surface area contributed by atoms with E-state index in [0.717, 1.165) is 22.8 Å². The molecule has 1 amide bonds. The van der Waals surface area contributed by atoms with Gasteiger partial charge in [0, 0.05) is 54.9 Å². The average Bonchev–Trinajstić information content (AvgIpc) is 3.24. The van der Waals surface area contributed by atoms with Gasteiger partial charge in [-0.15, -0.1) is 0 Å². The number of halogens is 5. The molecular formula is C29H25Cl2F3N4O2. The van der Waals surface area contributed by atoms with E-state index in [1.54, 1.807) is 12.1 Å². The number of aromatic nitrogens is 2. The Labute approximate surface area is 239 Å². The maximum absolute atomic E-state index is 13.9. The molecule has 2 aromatic heterocycles. The van der Waals surface area contributed by atoms with Gasteiger partial charge >= 0.3 is 12.2 Å². The third-order valence-electron chi connectivity index (χ3n) is 6.84. The van der Waals surface area contributed by atoms with Crippen LogP contribution in [0.15, 0.2) is 60.8 Å².